The molecule has 1 N–H and O–H groups in total. The molecule has 1 aromatic heterocycles. The Bertz CT molecular complexity index is 783. The lowest BCUT2D eigenvalue weighted by atomic mass is 9.96. The van der Waals surface area contributed by atoms with E-state index in [1.165, 1.54) is 0 Å². The Morgan fingerprint density at radius 3 is 2.46 bits per heavy atom. The van der Waals surface area contributed by atoms with Gasteiger partial charge in [0.15, 0.2) is 0 Å². The highest BCUT2D eigenvalue weighted by Crippen LogP contribution is 2.38. The quantitative estimate of drug-likeness (QED) is 0.907. The van der Waals surface area contributed by atoms with Gasteiger partial charge in [-0.25, -0.2) is 13.8 Å². The van der Waals surface area contributed by atoms with Crippen molar-refractivity contribution in [3.63, 3.8) is 0 Å². The first-order valence-corrected chi connectivity index (χ1v) is 8.03. The summed E-state index contributed by atoms with van der Waals surface area (Å²) in [5, 5.41) is 2.74. The summed E-state index contributed by atoms with van der Waals surface area (Å²) in [6, 6.07) is 7.27. The van der Waals surface area contributed by atoms with Gasteiger partial charge in [0.1, 0.15) is 5.82 Å². The number of fused-ring (bicyclic) bond motifs is 1. The standard InChI is InChI=1S/C19H20F2N2O/c1-11(2)18(24)23-17-5-4-13(10-22-17)16-7-15-9-19(20,21)8-14(15)6-12(16)3/h4-7,10-11H,8-9H2,1-3H3,(H,22,23,24). The normalized spacial score (nSPS) is 15.4. The molecule has 0 aliphatic heterocycles. The third-order valence-corrected chi connectivity index (χ3v) is 4.29. The number of aromatic nitrogens is 1. The number of hydrogen-bond donors (Lipinski definition) is 1. The second kappa shape index (κ2) is 5.96. The largest absolute Gasteiger partial charge is 0.310 e. The second-order valence-electron chi connectivity index (χ2n) is 6.72. The van der Waals surface area contributed by atoms with Crippen molar-refractivity contribution in [1.82, 2.24) is 4.98 Å². The SMILES string of the molecule is Cc1cc2c(cc1-c1ccc(NC(=O)C(C)C)nc1)CC(F)(F)C2. The van der Waals surface area contributed by atoms with E-state index in [0.717, 1.165) is 22.3 Å². The zero-order valence-electron chi connectivity index (χ0n) is 14.0. The van der Waals surface area contributed by atoms with Gasteiger partial charge in [-0.15, -0.1) is 0 Å². The highest BCUT2D eigenvalue weighted by Gasteiger charge is 2.37. The van der Waals surface area contributed by atoms with E-state index in [2.05, 4.69) is 10.3 Å². The molecule has 0 atom stereocenters. The Morgan fingerprint density at radius 2 is 1.88 bits per heavy atom. The molecular formula is C19H20F2N2O. The van der Waals surface area contributed by atoms with Crippen molar-refractivity contribution < 1.29 is 13.6 Å². The van der Waals surface area contributed by atoms with Gasteiger partial charge in [0.05, 0.1) is 0 Å². The van der Waals surface area contributed by atoms with E-state index in [9.17, 15) is 13.6 Å². The lowest BCUT2D eigenvalue weighted by Gasteiger charge is -2.11. The number of halogens is 2. The van der Waals surface area contributed by atoms with Gasteiger partial charge in [0.25, 0.3) is 5.92 Å². The Balaban J connectivity index is 1.87. The average Bonchev–Trinajstić information content (AvgIpc) is 2.80. The van der Waals surface area contributed by atoms with Crippen LogP contribution in [0.1, 0.15) is 30.5 Å². The van der Waals surface area contributed by atoms with Crippen molar-refractivity contribution in [2.24, 2.45) is 5.92 Å². The maximum Gasteiger partial charge on any atom is 0.256 e. The molecule has 1 aliphatic carbocycles. The highest BCUT2D eigenvalue weighted by molar-refractivity contribution is 5.91. The first-order chi connectivity index (χ1) is 11.2. The molecule has 3 rings (SSSR count). The first-order valence-electron chi connectivity index (χ1n) is 8.03. The molecule has 0 saturated carbocycles. The third-order valence-electron chi connectivity index (χ3n) is 4.29. The number of nitrogens with zero attached hydrogens (tertiary/aromatic N) is 1. The summed E-state index contributed by atoms with van der Waals surface area (Å²) in [5.41, 5.74) is 4.15. The Labute approximate surface area is 140 Å². The highest BCUT2D eigenvalue weighted by atomic mass is 19.3. The molecule has 0 radical (unpaired) electrons. The molecule has 0 bridgehead atoms. The van der Waals surface area contributed by atoms with Crippen molar-refractivity contribution in [3.8, 4) is 11.1 Å². The number of rotatable bonds is 3. The number of pyridine rings is 1. The molecule has 0 spiro atoms. The van der Waals surface area contributed by atoms with Crippen molar-refractivity contribution in [2.75, 3.05) is 5.32 Å². The van der Waals surface area contributed by atoms with Gasteiger partial charge in [-0.1, -0.05) is 26.0 Å². The lowest BCUT2D eigenvalue weighted by molar-refractivity contribution is -0.118. The minimum absolute atomic E-state index is 0.0915. The predicted molar refractivity (Wildman–Crippen MR) is 90.2 cm³/mol. The summed E-state index contributed by atoms with van der Waals surface area (Å²) < 4.78 is 27.2. The first kappa shape index (κ1) is 16.6. The fourth-order valence-corrected chi connectivity index (χ4v) is 2.97. The summed E-state index contributed by atoms with van der Waals surface area (Å²) in [6.45, 7) is 5.54. The monoisotopic (exact) mass is 330 g/mol. The van der Waals surface area contributed by atoms with Crippen LogP contribution < -0.4 is 5.32 Å². The Morgan fingerprint density at radius 1 is 1.21 bits per heavy atom. The van der Waals surface area contributed by atoms with Crippen LogP contribution in [0, 0.1) is 12.8 Å². The molecule has 126 valence electrons. The smallest absolute Gasteiger partial charge is 0.256 e. The van der Waals surface area contributed by atoms with Gasteiger partial charge in [0, 0.05) is 30.5 Å². The van der Waals surface area contributed by atoms with E-state index >= 15 is 0 Å². The van der Waals surface area contributed by atoms with Crippen LogP contribution in [-0.2, 0) is 17.6 Å². The molecule has 3 nitrogen and oxygen atoms in total. The maximum atomic E-state index is 13.6. The number of aryl methyl sites for hydroxylation is 1. The zero-order chi connectivity index (χ0) is 17.5. The van der Waals surface area contributed by atoms with Gasteiger partial charge in [0.2, 0.25) is 5.91 Å². The molecule has 0 saturated heterocycles. The van der Waals surface area contributed by atoms with Crippen LogP contribution in [0.3, 0.4) is 0 Å². The molecular weight excluding hydrogens is 310 g/mol. The summed E-state index contributed by atoms with van der Waals surface area (Å²) >= 11 is 0. The fourth-order valence-electron chi connectivity index (χ4n) is 2.97. The van der Waals surface area contributed by atoms with Crippen molar-refractivity contribution in [3.05, 3.63) is 47.2 Å². The number of nitrogens with one attached hydrogen (secondary N) is 1. The fraction of sp³-hybridized carbons (Fsp3) is 0.368. The van der Waals surface area contributed by atoms with Gasteiger partial charge >= 0.3 is 0 Å². The molecule has 1 aliphatic rings. The van der Waals surface area contributed by atoms with Crippen LogP contribution >= 0.6 is 0 Å². The molecule has 1 aromatic carbocycles. The number of amides is 1. The van der Waals surface area contributed by atoms with Crippen LogP contribution in [0.25, 0.3) is 11.1 Å². The van der Waals surface area contributed by atoms with Crippen molar-refractivity contribution >= 4 is 11.7 Å². The van der Waals surface area contributed by atoms with Gasteiger partial charge in [-0.3, -0.25) is 4.79 Å². The number of anilines is 1. The van der Waals surface area contributed by atoms with Crippen LogP contribution in [0.2, 0.25) is 0 Å². The van der Waals surface area contributed by atoms with E-state index in [0.29, 0.717) is 11.4 Å². The van der Waals surface area contributed by atoms with E-state index in [4.69, 9.17) is 0 Å². The summed E-state index contributed by atoms with van der Waals surface area (Å²) in [6.07, 6.45) is 1.28. The van der Waals surface area contributed by atoms with E-state index < -0.39 is 5.92 Å². The lowest BCUT2D eigenvalue weighted by Crippen LogP contribution is -2.18. The minimum Gasteiger partial charge on any atom is -0.310 e. The van der Waals surface area contributed by atoms with Gasteiger partial charge in [-0.2, -0.15) is 0 Å². The molecule has 1 amide bonds. The molecule has 2 aromatic rings. The van der Waals surface area contributed by atoms with Crippen molar-refractivity contribution in [2.45, 2.75) is 39.5 Å². The molecule has 1 heterocycles. The van der Waals surface area contributed by atoms with Crippen LogP contribution in [0.15, 0.2) is 30.5 Å². The van der Waals surface area contributed by atoms with Gasteiger partial charge < -0.3 is 5.32 Å². The zero-order valence-corrected chi connectivity index (χ0v) is 14.0. The van der Waals surface area contributed by atoms with Crippen LogP contribution in [0.4, 0.5) is 14.6 Å². The predicted octanol–water partition coefficient (Wildman–Crippen LogP) is 4.39. The molecule has 0 unspecified atom stereocenters. The van der Waals surface area contributed by atoms with E-state index in [-0.39, 0.29) is 24.7 Å². The number of carbonyl (C=O) groups is 1. The summed E-state index contributed by atoms with van der Waals surface area (Å²) in [4.78, 5) is 15.9. The number of carbonyl (C=O) groups excluding carboxylic acids is 1. The summed E-state index contributed by atoms with van der Waals surface area (Å²) in [7, 11) is 0. The Kier molecular flexibility index (Phi) is 4.11. The summed E-state index contributed by atoms with van der Waals surface area (Å²) in [5.74, 6) is -2.36. The van der Waals surface area contributed by atoms with E-state index in [1.807, 2.05) is 39.0 Å². The molecule has 24 heavy (non-hydrogen) atoms. The Hall–Kier alpha value is -2.30. The molecule has 5 heteroatoms. The maximum absolute atomic E-state index is 13.6. The third kappa shape index (κ3) is 3.30. The van der Waals surface area contributed by atoms with Crippen molar-refractivity contribution in [1.29, 1.82) is 0 Å². The average molecular weight is 330 g/mol. The number of hydrogen-bond acceptors (Lipinski definition) is 2. The minimum atomic E-state index is -2.64. The number of benzene rings is 1. The van der Waals surface area contributed by atoms with Crippen LogP contribution in [-0.4, -0.2) is 16.8 Å². The molecule has 0 fully saturated rings. The topological polar surface area (TPSA) is 42.0 Å². The number of alkyl halides is 2. The van der Waals surface area contributed by atoms with E-state index in [1.54, 1.807) is 12.3 Å². The second-order valence-corrected chi connectivity index (χ2v) is 6.72. The van der Waals surface area contributed by atoms with Crippen LogP contribution in [0.5, 0.6) is 0 Å². The van der Waals surface area contributed by atoms with Gasteiger partial charge in [-0.05, 0) is 41.3 Å².